The molecule has 0 spiro atoms. The number of carbonyl (C=O) groups is 2. The van der Waals surface area contributed by atoms with E-state index >= 15 is 0 Å². The number of pyridine rings is 1. The van der Waals surface area contributed by atoms with Gasteiger partial charge in [0.2, 0.25) is 0 Å². The molecule has 0 unspecified atom stereocenters. The molecule has 8 heteroatoms. The molecule has 0 radical (unpaired) electrons. The highest BCUT2D eigenvalue weighted by Crippen LogP contribution is 2.19. The largest absolute Gasteiger partial charge is 0.461 e. The highest BCUT2D eigenvalue weighted by Gasteiger charge is 2.23. The van der Waals surface area contributed by atoms with Crippen LogP contribution in [-0.2, 0) is 28.9 Å². The maximum absolute atomic E-state index is 12.8. The summed E-state index contributed by atoms with van der Waals surface area (Å²) in [5, 5.41) is 7.66. The monoisotopic (exact) mass is 414 g/mol. The van der Waals surface area contributed by atoms with Crippen molar-refractivity contribution in [2.24, 2.45) is 0 Å². The summed E-state index contributed by atoms with van der Waals surface area (Å²) in [4.78, 5) is 29.1. The van der Waals surface area contributed by atoms with Crippen LogP contribution in [0.3, 0.4) is 0 Å². The normalized spacial score (nSPS) is 15.1. The number of fused-ring (bicyclic) bond motifs is 1. The number of rotatable bonds is 6. The number of aryl methyl sites for hydroxylation is 3. The molecule has 1 aliphatic rings. The Labute approximate surface area is 177 Å². The van der Waals surface area contributed by atoms with Crippen molar-refractivity contribution in [3.05, 3.63) is 46.5 Å². The fourth-order valence-corrected chi connectivity index (χ4v) is 3.56. The van der Waals surface area contributed by atoms with Crippen LogP contribution >= 0.6 is 0 Å². The summed E-state index contributed by atoms with van der Waals surface area (Å²) in [6.45, 7) is 6.59. The number of nitrogens with zero attached hydrogens (tertiary/aromatic N) is 3. The van der Waals surface area contributed by atoms with Crippen LogP contribution in [0.25, 0.3) is 0 Å². The Kier molecular flexibility index (Phi) is 7.96. The highest BCUT2D eigenvalue weighted by molar-refractivity contribution is 5.96. The van der Waals surface area contributed by atoms with Gasteiger partial charge in [-0.1, -0.05) is 13.0 Å². The molecule has 0 fully saturated rings. The van der Waals surface area contributed by atoms with E-state index in [1.165, 1.54) is 0 Å². The topological polar surface area (TPSA) is 95.3 Å². The van der Waals surface area contributed by atoms with Gasteiger partial charge in [0.05, 0.1) is 23.6 Å². The second-order valence-electron chi connectivity index (χ2n) is 7.33. The lowest BCUT2D eigenvalue weighted by atomic mass is 10.1. The molecule has 0 saturated carbocycles. The first-order valence-electron chi connectivity index (χ1n) is 10.6. The van der Waals surface area contributed by atoms with Crippen LogP contribution in [0, 0.1) is 6.92 Å². The number of nitrogens with one attached hydrogen (secondary N) is 1. The maximum atomic E-state index is 12.8. The first-order chi connectivity index (χ1) is 14.6. The second-order valence-corrected chi connectivity index (χ2v) is 7.33. The molecule has 30 heavy (non-hydrogen) atoms. The van der Waals surface area contributed by atoms with Crippen LogP contribution in [0.5, 0.6) is 0 Å². The summed E-state index contributed by atoms with van der Waals surface area (Å²) in [5.41, 5.74) is 3.57. The number of ether oxygens (including phenoxy) is 2. The summed E-state index contributed by atoms with van der Waals surface area (Å²) in [5.74, 6) is -0.481. The second kappa shape index (κ2) is 10.9. The molecule has 1 N–H and O–H groups in total. The van der Waals surface area contributed by atoms with E-state index in [-0.39, 0.29) is 12.5 Å². The summed E-state index contributed by atoms with van der Waals surface area (Å²) >= 11 is 0. The Morgan fingerprint density at radius 3 is 2.97 bits per heavy atom. The SMILES string of the molecule is CCc1nn(CCCOC(=O)c2ncccc2C)c2c1C(=O)NCCCOCCC2. The van der Waals surface area contributed by atoms with E-state index < -0.39 is 5.97 Å². The molecule has 162 valence electrons. The minimum Gasteiger partial charge on any atom is -0.461 e. The molecule has 3 heterocycles. The van der Waals surface area contributed by atoms with Crippen molar-refractivity contribution in [3.8, 4) is 0 Å². The third kappa shape index (κ3) is 5.44. The molecule has 0 aromatic carbocycles. The van der Waals surface area contributed by atoms with E-state index in [9.17, 15) is 9.59 Å². The van der Waals surface area contributed by atoms with Crippen molar-refractivity contribution >= 4 is 11.9 Å². The Morgan fingerprint density at radius 2 is 2.17 bits per heavy atom. The van der Waals surface area contributed by atoms with Crippen molar-refractivity contribution in [2.45, 2.75) is 52.5 Å². The van der Waals surface area contributed by atoms with Crippen LogP contribution in [0.4, 0.5) is 0 Å². The Balaban J connectivity index is 1.66. The van der Waals surface area contributed by atoms with Gasteiger partial charge in [0, 0.05) is 38.9 Å². The molecule has 0 aliphatic carbocycles. The Morgan fingerprint density at radius 1 is 1.33 bits per heavy atom. The Hall–Kier alpha value is -2.74. The van der Waals surface area contributed by atoms with E-state index in [0.29, 0.717) is 50.4 Å². The number of carbonyl (C=O) groups excluding carboxylic acids is 2. The van der Waals surface area contributed by atoms with Crippen molar-refractivity contribution in [1.29, 1.82) is 0 Å². The summed E-state index contributed by atoms with van der Waals surface area (Å²) in [7, 11) is 0. The quantitative estimate of drug-likeness (QED) is 0.576. The molecule has 3 rings (SSSR count). The van der Waals surface area contributed by atoms with Gasteiger partial charge >= 0.3 is 5.97 Å². The van der Waals surface area contributed by atoms with Gasteiger partial charge in [-0.3, -0.25) is 9.48 Å². The number of aromatic nitrogens is 3. The summed E-state index contributed by atoms with van der Waals surface area (Å²) in [6, 6.07) is 3.62. The van der Waals surface area contributed by atoms with Gasteiger partial charge in [0.25, 0.3) is 5.91 Å². The Bertz CT molecular complexity index is 878. The number of esters is 1. The first-order valence-corrected chi connectivity index (χ1v) is 10.6. The van der Waals surface area contributed by atoms with Gasteiger partial charge in [0.1, 0.15) is 0 Å². The zero-order chi connectivity index (χ0) is 21.3. The summed E-state index contributed by atoms with van der Waals surface area (Å²) < 4.78 is 12.9. The predicted octanol–water partition coefficient (Wildman–Crippen LogP) is 2.48. The fourth-order valence-electron chi connectivity index (χ4n) is 3.56. The van der Waals surface area contributed by atoms with Crippen LogP contribution < -0.4 is 5.32 Å². The average Bonchev–Trinajstić information content (AvgIpc) is 3.08. The molecule has 0 atom stereocenters. The van der Waals surface area contributed by atoms with Crippen molar-refractivity contribution in [3.63, 3.8) is 0 Å². The summed E-state index contributed by atoms with van der Waals surface area (Å²) in [6.07, 6.45) is 5.24. The third-order valence-electron chi connectivity index (χ3n) is 5.10. The highest BCUT2D eigenvalue weighted by atomic mass is 16.5. The van der Waals surface area contributed by atoms with Gasteiger partial charge in [-0.2, -0.15) is 5.10 Å². The molecule has 8 nitrogen and oxygen atoms in total. The van der Waals surface area contributed by atoms with Crippen LogP contribution in [0.2, 0.25) is 0 Å². The van der Waals surface area contributed by atoms with Crippen molar-refractivity contribution in [1.82, 2.24) is 20.1 Å². The van der Waals surface area contributed by atoms with E-state index in [4.69, 9.17) is 9.47 Å². The van der Waals surface area contributed by atoms with Gasteiger partial charge < -0.3 is 14.8 Å². The van der Waals surface area contributed by atoms with Crippen LogP contribution in [0.1, 0.15) is 64.0 Å². The zero-order valence-corrected chi connectivity index (χ0v) is 17.8. The maximum Gasteiger partial charge on any atom is 0.357 e. The standard InChI is InChI=1S/C22H30N4O4/c1-3-17-19-18(9-5-13-29-14-6-11-24-21(19)27)26(25-17)12-7-15-30-22(28)20-16(2)8-4-10-23-20/h4,8,10H,3,5-7,9,11-15H2,1-2H3,(H,24,27). The van der Waals surface area contributed by atoms with Gasteiger partial charge in [0.15, 0.2) is 5.69 Å². The molecule has 2 aromatic heterocycles. The molecule has 2 aromatic rings. The lowest BCUT2D eigenvalue weighted by Crippen LogP contribution is -2.26. The van der Waals surface area contributed by atoms with E-state index in [0.717, 1.165) is 36.2 Å². The smallest absolute Gasteiger partial charge is 0.357 e. The predicted molar refractivity (Wildman–Crippen MR) is 112 cm³/mol. The molecule has 0 saturated heterocycles. The molecular weight excluding hydrogens is 384 g/mol. The third-order valence-corrected chi connectivity index (χ3v) is 5.10. The molecule has 1 aliphatic heterocycles. The molecule has 1 amide bonds. The van der Waals surface area contributed by atoms with Crippen LogP contribution in [-0.4, -0.2) is 53.0 Å². The average molecular weight is 415 g/mol. The molecule has 0 bridgehead atoms. The van der Waals surface area contributed by atoms with Gasteiger partial charge in [-0.05, 0) is 44.2 Å². The van der Waals surface area contributed by atoms with E-state index in [2.05, 4.69) is 15.4 Å². The van der Waals surface area contributed by atoms with Gasteiger partial charge in [-0.15, -0.1) is 0 Å². The zero-order valence-electron chi connectivity index (χ0n) is 17.8. The lowest BCUT2D eigenvalue weighted by molar-refractivity contribution is 0.0486. The first kappa shape index (κ1) is 22.0. The van der Waals surface area contributed by atoms with E-state index in [1.807, 2.05) is 24.6 Å². The van der Waals surface area contributed by atoms with Gasteiger partial charge in [-0.25, -0.2) is 9.78 Å². The van der Waals surface area contributed by atoms with Crippen LogP contribution in [0.15, 0.2) is 18.3 Å². The number of amides is 1. The number of hydrogen-bond donors (Lipinski definition) is 1. The lowest BCUT2D eigenvalue weighted by Gasteiger charge is -2.10. The fraction of sp³-hybridized carbons (Fsp3) is 0.545. The minimum absolute atomic E-state index is 0.0629. The minimum atomic E-state index is -0.418. The van der Waals surface area contributed by atoms with E-state index in [1.54, 1.807) is 12.3 Å². The van der Waals surface area contributed by atoms with Crippen molar-refractivity contribution < 1.29 is 19.1 Å². The van der Waals surface area contributed by atoms with Crippen molar-refractivity contribution in [2.75, 3.05) is 26.4 Å². The number of hydrogen-bond acceptors (Lipinski definition) is 6. The molecular formula is C22H30N4O4.